The van der Waals surface area contributed by atoms with Crippen molar-refractivity contribution in [2.24, 2.45) is 0 Å². The first-order valence-electron chi connectivity index (χ1n) is 11.8. The standard InChI is InChI=1S/C26H34N4O2/c1-18(2)30(22-9-6-5-7-10-22)26(31)21-13-12-20(24(17-21)32-4)14-16-29-15-8-11-23-25(29)28-19(3)27-23/h8,11-13,15,17-18,22H,5-7,9-10,14,16H2,1-4H3. The van der Waals surface area contributed by atoms with E-state index in [4.69, 9.17) is 4.74 Å². The summed E-state index contributed by atoms with van der Waals surface area (Å²) in [6, 6.07) is 10.4. The minimum atomic E-state index is 0.110. The van der Waals surface area contributed by atoms with Gasteiger partial charge >= 0.3 is 0 Å². The minimum Gasteiger partial charge on any atom is -0.496 e. The number of methoxy groups -OCH3 is 1. The average Bonchev–Trinajstić information content (AvgIpc) is 3.19. The summed E-state index contributed by atoms with van der Waals surface area (Å²) < 4.78 is 7.82. The van der Waals surface area contributed by atoms with Crippen molar-refractivity contribution in [3.63, 3.8) is 0 Å². The number of pyridine rings is 1. The number of imidazole rings is 1. The molecule has 3 aliphatic rings. The summed E-state index contributed by atoms with van der Waals surface area (Å²) in [4.78, 5) is 24.5. The summed E-state index contributed by atoms with van der Waals surface area (Å²) >= 11 is 0. The third kappa shape index (κ3) is 4.64. The highest BCUT2D eigenvalue weighted by Crippen LogP contribution is 2.28. The molecule has 0 spiro atoms. The number of nitrogens with zero attached hydrogens (tertiary/aromatic N) is 4. The molecule has 0 aromatic heterocycles. The van der Waals surface area contributed by atoms with Crippen LogP contribution in [0.5, 0.6) is 5.75 Å². The predicted molar refractivity (Wildman–Crippen MR) is 126 cm³/mol. The molecule has 170 valence electrons. The number of rotatable bonds is 7. The van der Waals surface area contributed by atoms with Gasteiger partial charge in [-0.15, -0.1) is 0 Å². The first kappa shape index (κ1) is 22.3. The van der Waals surface area contributed by atoms with Gasteiger partial charge in [0.2, 0.25) is 0 Å². The molecule has 1 aliphatic carbocycles. The number of ether oxygens (including phenoxy) is 1. The Balaban J connectivity index is 1.52. The number of benzene rings is 1. The van der Waals surface area contributed by atoms with Gasteiger partial charge in [-0.2, -0.15) is 0 Å². The van der Waals surface area contributed by atoms with Gasteiger partial charge in [0.05, 0.1) is 7.11 Å². The molecule has 6 heteroatoms. The van der Waals surface area contributed by atoms with Crippen LogP contribution in [0.1, 0.15) is 67.7 Å². The Bertz CT molecular complexity index is 1040. The molecule has 1 aromatic rings. The molecule has 0 bridgehead atoms. The third-order valence-electron chi connectivity index (χ3n) is 6.49. The average molecular weight is 435 g/mol. The van der Waals surface area contributed by atoms with Gasteiger partial charge in [-0.05, 0) is 69.9 Å². The zero-order valence-corrected chi connectivity index (χ0v) is 19.7. The lowest BCUT2D eigenvalue weighted by molar-refractivity contribution is 0.0555. The van der Waals surface area contributed by atoms with Gasteiger partial charge in [0.25, 0.3) is 5.91 Å². The molecule has 0 unspecified atom stereocenters. The first-order valence-corrected chi connectivity index (χ1v) is 11.8. The Morgan fingerprint density at radius 1 is 1.19 bits per heavy atom. The minimum absolute atomic E-state index is 0.110. The Kier molecular flexibility index (Phi) is 6.77. The van der Waals surface area contributed by atoms with E-state index in [1.54, 1.807) is 7.11 Å². The number of hydrogen-bond acceptors (Lipinski definition) is 4. The van der Waals surface area contributed by atoms with Crippen LogP contribution in [-0.2, 0) is 13.0 Å². The van der Waals surface area contributed by atoms with E-state index in [2.05, 4.69) is 33.3 Å². The van der Waals surface area contributed by atoms with Gasteiger partial charge in [0, 0.05) is 30.4 Å². The Morgan fingerprint density at radius 3 is 2.69 bits per heavy atom. The van der Waals surface area contributed by atoms with Crippen LogP contribution in [0, 0.1) is 6.92 Å². The molecular formula is C26H34N4O2. The number of aromatic nitrogens is 3. The maximum absolute atomic E-state index is 13.4. The molecule has 0 radical (unpaired) electrons. The SMILES string of the molecule is COc1cc(C(=O)N(C(C)C)C2CCCCC2)ccc1CCn1cccc2nc(C)nc1-2. The smallest absolute Gasteiger partial charge is 0.254 e. The van der Waals surface area contributed by atoms with Crippen LogP contribution in [0.2, 0.25) is 0 Å². The van der Waals surface area contributed by atoms with Gasteiger partial charge in [-0.3, -0.25) is 4.79 Å². The lowest BCUT2D eigenvalue weighted by Gasteiger charge is -2.37. The molecule has 2 heterocycles. The summed E-state index contributed by atoms with van der Waals surface area (Å²) in [6.07, 6.45) is 8.72. The van der Waals surface area contributed by atoms with E-state index in [9.17, 15) is 4.79 Å². The molecule has 4 rings (SSSR count). The molecule has 6 nitrogen and oxygen atoms in total. The monoisotopic (exact) mass is 434 g/mol. The molecule has 0 atom stereocenters. The second kappa shape index (κ2) is 9.72. The van der Waals surface area contributed by atoms with E-state index in [0.717, 1.165) is 54.5 Å². The molecule has 32 heavy (non-hydrogen) atoms. The molecule has 1 saturated carbocycles. The van der Waals surface area contributed by atoms with Crippen LogP contribution in [0.25, 0.3) is 11.5 Å². The normalized spacial score (nSPS) is 14.8. The largest absolute Gasteiger partial charge is 0.496 e. The van der Waals surface area contributed by atoms with Crippen molar-refractivity contribution in [2.45, 2.75) is 77.9 Å². The highest BCUT2D eigenvalue weighted by Gasteiger charge is 2.28. The maximum atomic E-state index is 13.4. The molecule has 1 fully saturated rings. The Labute approximate surface area is 191 Å². The first-order chi connectivity index (χ1) is 15.5. The molecule has 2 aliphatic heterocycles. The number of aryl methyl sites for hydroxylation is 3. The molecule has 1 aromatic carbocycles. The molecular weight excluding hydrogens is 400 g/mol. The van der Waals surface area contributed by atoms with E-state index in [0.29, 0.717) is 11.6 Å². The lowest BCUT2D eigenvalue weighted by Crippen LogP contribution is -2.45. The van der Waals surface area contributed by atoms with Gasteiger partial charge in [0.15, 0.2) is 5.82 Å². The van der Waals surface area contributed by atoms with Crippen molar-refractivity contribution in [2.75, 3.05) is 7.11 Å². The summed E-state index contributed by atoms with van der Waals surface area (Å²) in [7, 11) is 1.67. The fourth-order valence-electron chi connectivity index (χ4n) is 4.93. The second-order valence-electron chi connectivity index (χ2n) is 9.06. The zero-order valence-electron chi connectivity index (χ0n) is 19.7. The number of fused-ring (bicyclic) bond motifs is 1. The van der Waals surface area contributed by atoms with Crippen LogP contribution >= 0.6 is 0 Å². The summed E-state index contributed by atoms with van der Waals surface area (Å²) in [5.41, 5.74) is 2.70. The van der Waals surface area contributed by atoms with Crippen molar-refractivity contribution in [3.8, 4) is 17.3 Å². The van der Waals surface area contributed by atoms with Crippen molar-refractivity contribution >= 4 is 5.91 Å². The highest BCUT2D eigenvalue weighted by atomic mass is 16.5. The van der Waals surface area contributed by atoms with Crippen molar-refractivity contribution in [1.82, 2.24) is 19.4 Å². The van der Waals surface area contributed by atoms with E-state index in [-0.39, 0.29) is 11.9 Å². The van der Waals surface area contributed by atoms with E-state index in [1.807, 2.05) is 43.5 Å². The molecule has 0 saturated heterocycles. The topological polar surface area (TPSA) is 60.2 Å². The molecule has 0 N–H and O–H groups in total. The summed E-state index contributed by atoms with van der Waals surface area (Å²) in [5, 5.41) is 0. The quantitative estimate of drug-likeness (QED) is 0.517. The fourth-order valence-corrected chi connectivity index (χ4v) is 4.93. The second-order valence-corrected chi connectivity index (χ2v) is 9.06. The van der Waals surface area contributed by atoms with Gasteiger partial charge < -0.3 is 14.2 Å². The van der Waals surface area contributed by atoms with Gasteiger partial charge in [-0.1, -0.05) is 25.3 Å². The third-order valence-corrected chi connectivity index (χ3v) is 6.49. The van der Waals surface area contributed by atoms with Crippen LogP contribution in [0.3, 0.4) is 0 Å². The number of carbonyl (C=O) groups is 1. The fraction of sp³-hybridized carbons (Fsp3) is 0.500. The van der Waals surface area contributed by atoms with E-state index >= 15 is 0 Å². The number of hydrogen-bond donors (Lipinski definition) is 0. The number of carbonyl (C=O) groups excluding carboxylic acids is 1. The Morgan fingerprint density at radius 2 is 1.97 bits per heavy atom. The van der Waals surface area contributed by atoms with Crippen molar-refractivity contribution in [3.05, 3.63) is 53.5 Å². The number of amides is 1. The van der Waals surface area contributed by atoms with Gasteiger partial charge in [-0.25, -0.2) is 9.97 Å². The van der Waals surface area contributed by atoms with Crippen molar-refractivity contribution < 1.29 is 9.53 Å². The zero-order chi connectivity index (χ0) is 22.7. The van der Waals surface area contributed by atoms with Gasteiger partial charge in [0.1, 0.15) is 17.3 Å². The van der Waals surface area contributed by atoms with Crippen LogP contribution in [-0.4, -0.2) is 44.5 Å². The summed E-state index contributed by atoms with van der Waals surface area (Å²) in [6.45, 7) is 6.91. The van der Waals surface area contributed by atoms with Crippen LogP contribution in [0.15, 0.2) is 36.5 Å². The van der Waals surface area contributed by atoms with Crippen LogP contribution < -0.4 is 4.74 Å². The Hall–Kier alpha value is -2.89. The van der Waals surface area contributed by atoms with E-state index < -0.39 is 0 Å². The highest BCUT2D eigenvalue weighted by molar-refractivity contribution is 5.95. The molecule has 1 amide bonds. The lowest BCUT2D eigenvalue weighted by atomic mass is 9.92. The van der Waals surface area contributed by atoms with Crippen molar-refractivity contribution in [1.29, 1.82) is 0 Å². The maximum Gasteiger partial charge on any atom is 0.254 e. The van der Waals surface area contributed by atoms with Crippen LogP contribution in [0.4, 0.5) is 0 Å². The summed E-state index contributed by atoms with van der Waals surface area (Å²) in [5.74, 6) is 2.56. The predicted octanol–water partition coefficient (Wildman–Crippen LogP) is 5.13. The van der Waals surface area contributed by atoms with E-state index in [1.165, 1.54) is 19.3 Å².